The Balaban J connectivity index is 1.53. The number of nitrogens with one attached hydrogen (secondary N) is 1. The lowest BCUT2D eigenvalue weighted by Gasteiger charge is -2.20. The molecule has 5 atom stereocenters. The fourth-order valence-electron chi connectivity index (χ4n) is 3.40. The van der Waals surface area contributed by atoms with Crippen LogP contribution in [-0.2, 0) is 23.6 Å². The molecule has 1 saturated heterocycles. The van der Waals surface area contributed by atoms with E-state index in [2.05, 4.69) is 25.0 Å². The topological polar surface area (TPSA) is 198 Å². The average molecular weight is 508 g/mol. The first-order chi connectivity index (χ1) is 15.6. The van der Waals surface area contributed by atoms with E-state index in [0.717, 1.165) is 12.8 Å². The van der Waals surface area contributed by atoms with Gasteiger partial charge in [-0.05, 0) is 31.4 Å². The Hall–Kier alpha value is -1.90. The van der Waals surface area contributed by atoms with Gasteiger partial charge >= 0.3 is 13.6 Å². The van der Waals surface area contributed by atoms with E-state index in [0.29, 0.717) is 11.3 Å². The zero-order chi connectivity index (χ0) is 23.9. The summed E-state index contributed by atoms with van der Waals surface area (Å²) in [5.41, 5.74) is 0.635. The number of aromatic nitrogens is 4. The second-order valence-corrected chi connectivity index (χ2v) is 9.64. The number of fused-ring (bicyclic) bond motifs is 1. The van der Waals surface area contributed by atoms with E-state index in [9.17, 15) is 29.4 Å². The molecule has 0 spiro atoms. The minimum absolute atomic E-state index is 0.0563. The molecule has 2 aliphatic rings. The first-order valence-electron chi connectivity index (χ1n) is 10.1. The summed E-state index contributed by atoms with van der Waals surface area (Å²) < 4.78 is 28.3. The number of nitrogens with zero attached hydrogens (tertiary/aromatic N) is 4. The maximum atomic E-state index is 11.8. The number of aliphatic hydroxyl groups excluding tert-OH is 2. The van der Waals surface area contributed by atoms with Crippen LogP contribution in [0.1, 0.15) is 26.0 Å². The molecule has 0 bridgehead atoms. The Kier molecular flexibility index (Phi) is 6.90. The molecule has 1 aliphatic heterocycles. The number of aliphatic hydroxyl groups is 2. The minimum atomic E-state index is -5.02. The second kappa shape index (κ2) is 9.39. The third kappa shape index (κ3) is 5.12. The summed E-state index contributed by atoms with van der Waals surface area (Å²) in [5.74, 6) is -3.02. The van der Waals surface area contributed by atoms with Crippen LogP contribution >= 0.6 is 19.2 Å². The summed E-state index contributed by atoms with van der Waals surface area (Å²) in [5, 5.41) is 24.1. The molecule has 16 heteroatoms. The molecule has 0 aromatic carbocycles. The van der Waals surface area contributed by atoms with Crippen LogP contribution in [0.3, 0.4) is 0 Å². The second-order valence-electron chi connectivity index (χ2n) is 7.66. The largest absolute Gasteiger partial charge is 0.464 e. The minimum Gasteiger partial charge on any atom is -0.464 e. The Morgan fingerprint density at radius 1 is 1.36 bits per heavy atom. The van der Waals surface area contributed by atoms with Crippen LogP contribution in [0.5, 0.6) is 0 Å². The molecule has 14 nitrogen and oxygen atoms in total. The molecule has 1 saturated carbocycles. The van der Waals surface area contributed by atoms with Gasteiger partial charge in [-0.2, -0.15) is 9.97 Å². The highest BCUT2D eigenvalue weighted by atomic mass is 35.5. The number of rotatable bonds is 9. The fourth-order valence-corrected chi connectivity index (χ4v) is 4.19. The highest BCUT2D eigenvalue weighted by molar-refractivity contribution is 7.53. The van der Waals surface area contributed by atoms with Crippen LogP contribution in [0.15, 0.2) is 6.33 Å². The van der Waals surface area contributed by atoms with Crippen LogP contribution in [0.4, 0.5) is 5.82 Å². The number of ether oxygens (including phenoxy) is 3. The SMILES string of the molecule is CCOC(=O)[C@@H](OC[C@H]1O[C@@H](n2cnc3c(NC4CC4)nc(Cl)nc32)[C@H](O)[C@H]1O)P(=O)(O)O. The molecule has 3 heterocycles. The van der Waals surface area contributed by atoms with Crippen LogP contribution in [0.2, 0.25) is 5.28 Å². The summed E-state index contributed by atoms with van der Waals surface area (Å²) in [6.45, 7) is 0.744. The Bertz CT molecular complexity index is 1080. The lowest BCUT2D eigenvalue weighted by atomic mass is 10.1. The lowest BCUT2D eigenvalue weighted by molar-refractivity contribution is -0.155. The smallest absolute Gasteiger partial charge is 0.365 e. The first kappa shape index (κ1) is 24.2. The van der Waals surface area contributed by atoms with Crippen LogP contribution in [0.25, 0.3) is 11.2 Å². The molecule has 0 amide bonds. The van der Waals surface area contributed by atoms with Gasteiger partial charge in [0.05, 0.1) is 19.5 Å². The van der Waals surface area contributed by atoms with E-state index in [1.807, 2.05) is 0 Å². The maximum Gasteiger partial charge on any atom is 0.365 e. The van der Waals surface area contributed by atoms with Gasteiger partial charge in [0.15, 0.2) is 23.2 Å². The number of carbonyl (C=O) groups excluding carboxylic acids is 1. The van der Waals surface area contributed by atoms with E-state index >= 15 is 0 Å². The summed E-state index contributed by atoms with van der Waals surface area (Å²) in [7, 11) is -5.02. The predicted molar refractivity (Wildman–Crippen MR) is 111 cm³/mol. The van der Waals surface area contributed by atoms with E-state index in [1.165, 1.54) is 17.8 Å². The molecule has 182 valence electrons. The number of halogens is 1. The van der Waals surface area contributed by atoms with Gasteiger partial charge < -0.3 is 39.5 Å². The molecule has 2 fully saturated rings. The summed E-state index contributed by atoms with van der Waals surface area (Å²) >= 11 is 6.05. The third-order valence-corrected chi connectivity index (χ3v) is 6.28. The van der Waals surface area contributed by atoms with Gasteiger partial charge in [-0.25, -0.2) is 9.78 Å². The molecule has 33 heavy (non-hydrogen) atoms. The molecular weight excluding hydrogens is 485 g/mol. The van der Waals surface area contributed by atoms with Gasteiger partial charge in [-0.15, -0.1) is 0 Å². The number of hydrogen-bond acceptors (Lipinski definition) is 11. The van der Waals surface area contributed by atoms with Crippen molar-refractivity contribution < 1.29 is 43.6 Å². The number of hydrogen-bond donors (Lipinski definition) is 5. The lowest BCUT2D eigenvalue weighted by Crippen LogP contribution is -2.36. The standard InChI is InChI=1S/C17H23ClN5O9P/c1-2-30-15(26)16(33(27,28)29)31-5-8-10(24)11(25)14(32-8)23-6-19-9-12(20-7-3-4-7)21-17(18)22-13(9)23/h6-8,10-11,14,16,24-25H,2-5H2,1H3,(H,20,21,22)(H2,27,28,29)/t8-,10+,11-,14-,16+/m1/s1. The number of anilines is 1. The van der Waals surface area contributed by atoms with Gasteiger partial charge in [-0.3, -0.25) is 9.13 Å². The van der Waals surface area contributed by atoms with E-state index < -0.39 is 50.6 Å². The zero-order valence-corrected chi connectivity index (χ0v) is 19.0. The van der Waals surface area contributed by atoms with Gasteiger partial charge in [0, 0.05) is 6.04 Å². The van der Waals surface area contributed by atoms with Crippen molar-refractivity contribution in [1.82, 2.24) is 19.5 Å². The van der Waals surface area contributed by atoms with Gasteiger partial charge in [0.2, 0.25) is 5.28 Å². The number of carbonyl (C=O) groups is 1. The van der Waals surface area contributed by atoms with Crippen LogP contribution in [-0.4, -0.2) is 88.9 Å². The third-order valence-electron chi connectivity index (χ3n) is 5.14. The number of imidazole rings is 1. The molecule has 4 rings (SSSR count). The maximum absolute atomic E-state index is 11.8. The zero-order valence-electron chi connectivity index (χ0n) is 17.3. The predicted octanol–water partition coefficient (Wildman–Crippen LogP) is -0.243. The molecule has 2 aromatic heterocycles. The Morgan fingerprint density at radius 3 is 2.73 bits per heavy atom. The molecule has 2 aromatic rings. The van der Waals surface area contributed by atoms with E-state index in [1.54, 1.807) is 0 Å². The summed E-state index contributed by atoms with van der Waals surface area (Å²) in [6, 6.07) is 0.266. The van der Waals surface area contributed by atoms with Crippen LogP contribution < -0.4 is 5.32 Å². The average Bonchev–Trinajstić information content (AvgIpc) is 3.38. The monoisotopic (exact) mass is 507 g/mol. The van der Waals surface area contributed by atoms with Crippen molar-refractivity contribution in [3.63, 3.8) is 0 Å². The molecule has 5 N–H and O–H groups in total. The van der Waals surface area contributed by atoms with E-state index in [-0.39, 0.29) is 23.6 Å². The molecule has 0 unspecified atom stereocenters. The molecule has 1 aliphatic carbocycles. The molecule has 0 radical (unpaired) electrons. The van der Waals surface area contributed by atoms with Crippen molar-refractivity contribution in [2.24, 2.45) is 0 Å². The van der Waals surface area contributed by atoms with Crippen molar-refractivity contribution in [3.05, 3.63) is 11.6 Å². The number of esters is 1. The quantitative estimate of drug-likeness (QED) is 0.169. The van der Waals surface area contributed by atoms with Gasteiger partial charge in [0.1, 0.15) is 18.3 Å². The van der Waals surface area contributed by atoms with Crippen molar-refractivity contribution in [3.8, 4) is 0 Å². The van der Waals surface area contributed by atoms with Gasteiger partial charge in [-0.1, -0.05) is 0 Å². The van der Waals surface area contributed by atoms with Crippen molar-refractivity contribution in [1.29, 1.82) is 0 Å². The van der Waals surface area contributed by atoms with Crippen molar-refractivity contribution in [2.45, 2.75) is 56.2 Å². The Labute approximate surface area is 192 Å². The fraction of sp³-hybridized carbons (Fsp3) is 0.647. The van der Waals surface area contributed by atoms with E-state index in [4.69, 9.17) is 21.1 Å². The Morgan fingerprint density at radius 2 is 2.09 bits per heavy atom. The molecular formula is C17H23ClN5O9P. The van der Waals surface area contributed by atoms with Crippen molar-refractivity contribution >= 4 is 42.1 Å². The van der Waals surface area contributed by atoms with Crippen LogP contribution in [0, 0.1) is 0 Å². The first-order valence-corrected chi connectivity index (χ1v) is 12.2. The summed E-state index contributed by atoms with van der Waals surface area (Å²) in [6.07, 6.45) is -2.06. The van der Waals surface area contributed by atoms with Crippen molar-refractivity contribution in [2.75, 3.05) is 18.5 Å². The highest BCUT2D eigenvalue weighted by Crippen LogP contribution is 2.43. The normalized spacial score (nSPS) is 26.5. The highest BCUT2D eigenvalue weighted by Gasteiger charge is 2.46. The summed E-state index contributed by atoms with van der Waals surface area (Å²) in [4.78, 5) is 43.2. The van der Waals surface area contributed by atoms with Gasteiger partial charge in [0.25, 0.3) is 5.85 Å².